The van der Waals surface area contributed by atoms with Gasteiger partial charge < -0.3 is 25.8 Å². The van der Waals surface area contributed by atoms with Crippen molar-refractivity contribution in [2.45, 2.75) is 44.4 Å². The van der Waals surface area contributed by atoms with Gasteiger partial charge in [-0.15, -0.1) is 12.4 Å². The number of carbonyl (C=O) groups is 3. The summed E-state index contributed by atoms with van der Waals surface area (Å²) in [7, 11) is 1.27. The second kappa shape index (κ2) is 15.7. The molecule has 0 aliphatic heterocycles. The number of halogens is 1. The molecule has 0 saturated carbocycles. The van der Waals surface area contributed by atoms with Gasteiger partial charge in [0.05, 0.1) is 13.2 Å². The zero-order chi connectivity index (χ0) is 23.2. The maximum atomic E-state index is 12.4. The molecule has 2 rings (SSSR count). The van der Waals surface area contributed by atoms with E-state index in [2.05, 4.69) is 10.6 Å². The summed E-state index contributed by atoms with van der Waals surface area (Å²) in [6.07, 6.45) is 1.44. The van der Waals surface area contributed by atoms with Gasteiger partial charge in [0.25, 0.3) is 0 Å². The van der Waals surface area contributed by atoms with Crippen molar-refractivity contribution < 1.29 is 23.9 Å². The summed E-state index contributed by atoms with van der Waals surface area (Å²) in [5.74, 6) is -0.938. The minimum absolute atomic E-state index is 0. The Morgan fingerprint density at radius 2 is 1.55 bits per heavy atom. The van der Waals surface area contributed by atoms with Gasteiger partial charge in [0.15, 0.2) is 0 Å². The molecule has 2 amide bonds. The Kier molecular flexibility index (Phi) is 13.3. The van der Waals surface area contributed by atoms with Gasteiger partial charge in [-0.2, -0.15) is 0 Å². The molecular weight excluding hydrogens is 446 g/mol. The lowest BCUT2D eigenvalue weighted by molar-refractivity contribution is -0.145. The van der Waals surface area contributed by atoms with Crippen LogP contribution >= 0.6 is 12.4 Å². The molecule has 0 unspecified atom stereocenters. The van der Waals surface area contributed by atoms with Crippen LogP contribution in [-0.4, -0.2) is 43.7 Å². The molecule has 0 saturated heterocycles. The van der Waals surface area contributed by atoms with Crippen molar-refractivity contribution >= 4 is 30.4 Å². The number of amides is 2. The summed E-state index contributed by atoms with van der Waals surface area (Å²) < 4.78 is 9.94. The number of nitrogens with two attached hydrogens (primary N) is 1. The predicted octanol–water partition coefficient (Wildman–Crippen LogP) is 2.73. The summed E-state index contributed by atoms with van der Waals surface area (Å²) in [6, 6.07) is 17.3. The number of unbranched alkanes of at least 4 members (excludes halogenated alkanes) is 1. The van der Waals surface area contributed by atoms with Crippen molar-refractivity contribution in [1.29, 1.82) is 0 Å². The van der Waals surface area contributed by atoms with Crippen LogP contribution in [0.2, 0.25) is 0 Å². The highest BCUT2D eigenvalue weighted by atomic mass is 35.5. The van der Waals surface area contributed by atoms with Crippen LogP contribution in [0.1, 0.15) is 30.4 Å². The van der Waals surface area contributed by atoms with Crippen molar-refractivity contribution in [2.75, 3.05) is 13.7 Å². The molecule has 33 heavy (non-hydrogen) atoms. The summed E-state index contributed by atoms with van der Waals surface area (Å²) in [5.41, 5.74) is 7.84. The second-order valence-electron chi connectivity index (χ2n) is 7.36. The van der Waals surface area contributed by atoms with Crippen LogP contribution < -0.4 is 16.4 Å². The van der Waals surface area contributed by atoms with Gasteiger partial charge in [0.1, 0.15) is 12.6 Å². The summed E-state index contributed by atoms with van der Waals surface area (Å²) in [4.78, 5) is 36.2. The largest absolute Gasteiger partial charge is 0.467 e. The molecule has 2 aromatic carbocycles. The average Bonchev–Trinajstić information content (AvgIpc) is 2.82. The Morgan fingerprint density at radius 1 is 0.939 bits per heavy atom. The maximum absolute atomic E-state index is 12.4. The molecule has 2 atom stereocenters. The van der Waals surface area contributed by atoms with E-state index in [4.69, 9.17) is 15.2 Å². The summed E-state index contributed by atoms with van der Waals surface area (Å²) >= 11 is 0. The number of benzene rings is 2. The van der Waals surface area contributed by atoms with Gasteiger partial charge in [-0.25, -0.2) is 9.59 Å². The average molecular weight is 478 g/mol. The highest BCUT2D eigenvalue weighted by Gasteiger charge is 2.24. The van der Waals surface area contributed by atoms with E-state index in [1.54, 1.807) is 0 Å². The Morgan fingerprint density at radius 3 is 2.15 bits per heavy atom. The summed E-state index contributed by atoms with van der Waals surface area (Å²) in [6.45, 7) is 0.593. The van der Waals surface area contributed by atoms with Crippen LogP contribution in [0.5, 0.6) is 0 Å². The normalized spacial score (nSPS) is 11.9. The van der Waals surface area contributed by atoms with Crippen molar-refractivity contribution in [3.05, 3.63) is 71.8 Å². The molecule has 2 aromatic rings. The molecule has 180 valence electrons. The van der Waals surface area contributed by atoms with Crippen molar-refractivity contribution in [2.24, 2.45) is 5.73 Å². The SMILES string of the molecule is COC(=O)[C@H](CCCCNC(=O)OCc1ccccc1)NC(=O)[C@@H](N)Cc1ccccc1.Cl. The molecule has 0 heterocycles. The zero-order valence-corrected chi connectivity index (χ0v) is 19.5. The van der Waals surface area contributed by atoms with E-state index in [0.717, 1.165) is 11.1 Å². The van der Waals surface area contributed by atoms with Crippen molar-refractivity contribution in [3.63, 3.8) is 0 Å². The van der Waals surface area contributed by atoms with Crippen LogP contribution in [0.4, 0.5) is 4.79 Å². The van der Waals surface area contributed by atoms with E-state index in [1.807, 2.05) is 60.7 Å². The lowest BCUT2D eigenvalue weighted by atomic mass is 10.0. The number of methoxy groups -OCH3 is 1. The van der Waals surface area contributed by atoms with Gasteiger partial charge in [-0.3, -0.25) is 4.79 Å². The Bertz CT molecular complexity index is 852. The number of rotatable bonds is 12. The van der Waals surface area contributed by atoms with Crippen LogP contribution in [0.15, 0.2) is 60.7 Å². The van der Waals surface area contributed by atoms with E-state index in [-0.39, 0.29) is 19.0 Å². The van der Waals surface area contributed by atoms with Crippen molar-refractivity contribution in [1.82, 2.24) is 10.6 Å². The lowest BCUT2D eigenvalue weighted by Gasteiger charge is -2.19. The number of hydrogen-bond acceptors (Lipinski definition) is 6. The minimum Gasteiger partial charge on any atom is -0.467 e. The van der Waals surface area contributed by atoms with E-state index in [0.29, 0.717) is 32.2 Å². The molecule has 0 radical (unpaired) electrons. The number of carbonyl (C=O) groups excluding carboxylic acids is 3. The molecule has 0 spiro atoms. The van der Waals surface area contributed by atoms with E-state index in [1.165, 1.54) is 7.11 Å². The Labute approximate surface area is 200 Å². The number of esters is 1. The van der Waals surface area contributed by atoms with E-state index in [9.17, 15) is 14.4 Å². The lowest BCUT2D eigenvalue weighted by Crippen LogP contribution is -2.49. The first-order valence-electron chi connectivity index (χ1n) is 10.6. The number of hydrogen-bond donors (Lipinski definition) is 3. The van der Waals surface area contributed by atoms with Gasteiger partial charge in [-0.05, 0) is 36.8 Å². The third kappa shape index (κ3) is 10.9. The third-order valence-electron chi connectivity index (χ3n) is 4.84. The van der Waals surface area contributed by atoms with Gasteiger partial charge in [0, 0.05) is 6.54 Å². The van der Waals surface area contributed by atoms with Crippen LogP contribution in [0.3, 0.4) is 0 Å². The first kappa shape index (κ1) is 27.9. The smallest absolute Gasteiger partial charge is 0.407 e. The fourth-order valence-corrected chi connectivity index (χ4v) is 3.07. The first-order valence-corrected chi connectivity index (χ1v) is 10.6. The molecule has 0 aliphatic rings. The molecule has 4 N–H and O–H groups in total. The van der Waals surface area contributed by atoms with Crippen LogP contribution in [0.25, 0.3) is 0 Å². The maximum Gasteiger partial charge on any atom is 0.407 e. The highest BCUT2D eigenvalue weighted by Crippen LogP contribution is 2.06. The molecule has 0 bridgehead atoms. The van der Waals surface area contributed by atoms with Gasteiger partial charge in [-0.1, -0.05) is 60.7 Å². The quantitative estimate of drug-likeness (QED) is 0.319. The Hall–Kier alpha value is -3.10. The zero-order valence-electron chi connectivity index (χ0n) is 18.7. The van der Waals surface area contributed by atoms with Crippen LogP contribution in [0, 0.1) is 0 Å². The molecule has 0 aromatic heterocycles. The summed E-state index contributed by atoms with van der Waals surface area (Å²) in [5, 5.41) is 5.35. The number of ether oxygens (including phenoxy) is 2. The predicted molar refractivity (Wildman–Crippen MR) is 128 cm³/mol. The molecule has 0 aliphatic carbocycles. The number of alkyl carbamates (subject to hydrolysis) is 1. The Balaban J connectivity index is 0.00000544. The third-order valence-corrected chi connectivity index (χ3v) is 4.84. The monoisotopic (exact) mass is 477 g/mol. The molecular formula is C24H32ClN3O5. The standard InChI is InChI=1S/C24H31N3O5.ClH/c1-31-23(29)21(27-22(28)20(25)16-18-10-4-2-5-11-18)14-8-9-15-26-24(30)32-17-19-12-6-3-7-13-19;/h2-7,10-13,20-21H,8-9,14-17,25H2,1H3,(H,26,30)(H,27,28);1H/t20-,21-;/m0./s1. The molecule has 8 nitrogen and oxygen atoms in total. The van der Waals surface area contributed by atoms with Crippen LogP contribution in [-0.2, 0) is 32.1 Å². The first-order chi connectivity index (χ1) is 15.5. The van der Waals surface area contributed by atoms with E-state index >= 15 is 0 Å². The number of nitrogens with one attached hydrogen (secondary N) is 2. The minimum atomic E-state index is -0.792. The van der Waals surface area contributed by atoms with Gasteiger partial charge in [0.2, 0.25) is 5.91 Å². The fraction of sp³-hybridized carbons (Fsp3) is 0.375. The fourth-order valence-electron chi connectivity index (χ4n) is 3.07. The molecule has 0 fully saturated rings. The topological polar surface area (TPSA) is 120 Å². The van der Waals surface area contributed by atoms with Gasteiger partial charge >= 0.3 is 12.1 Å². The molecule has 9 heteroatoms. The second-order valence-corrected chi connectivity index (χ2v) is 7.36. The highest BCUT2D eigenvalue weighted by molar-refractivity contribution is 5.87. The van der Waals surface area contributed by atoms with Crippen molar-refractivity contribution in [3.8, 4) is 0 Å². The van der Waals surface area contributed by atoms with E-state index < -0.39 is 30.1 Å².